The summed E-state index contributed by atoms with van der Waals surface area (Å²) in [6.45, 7) is 3.10. The third-order valence-electron chi connectivity index (χ3n) is 3.89. The standard InChI is InChI=1S/C16H21N3O2/c1-3-6-19-10-18-9-14(19)16-8-13(17)12-7-11(20-2)4-5-15(12)21-16/h4-5,7,9-10,13,16H,3,6,8,17H2,1-2H3/t13-,16?/m1/s1. The Bertz CT molecular complexity index is 624. The molecule has 0 radical (unpaired) electrons. The van der Waals surface area contributed by atoms with Gasteiger partial charge in [0, 0.05) is 24.6 Å². The van der Waals surface area contributed by atoms with Gasteiger partial charge in [-0.15, -0.1) is 0 Å². The maximum Gasteiger partial charge on any atom is 0.142 e. The number of benzene rings is 1. The van der Waals surface area contributed by atoms with E-state index in [1.54, 1.807) is 7.11 Å². The first kappa shape index (κ1) is 13.9. The highest BCUT2D eigenvalue weighted by molar-refractivity contribution is 5.44. The zero-order valence-corrected chi connectivity index (χ0v) is 12.5. The van der Waals surface area contributed by atoms with Crippen LogP contribution in [0.1, 0.15) is 43.2 Å². The van der Waals surface area contributed by atoms with Crippen LogP contribution in [0, 0.1) is 0 Å². The first-order valence-corrected chi connectivity index (χ1v) is 7.33. The fraction of sp³-hybridized carbons (Fsp3) is 0.438. The van der Waals surface area contributed by atoms with E-state index in [1.807, 2.05) is 30.7 Å². The summed E-state index contributed by atoms with van der Waals surface area (Å²) in [4.78, 5) is 4.25. The Labute approximate surface area is 124 Å². The highest BCUT2D eigenvalue weighted by Gasteiger charge is 2.29. The average Bonchev–Trinajstić information content (AvgIpc) is 2.95. The number of hydrogen-bond acceptors (Lipinski definition) is 4. The monoisotopic (exact) mass is 287 g/mol. The molecule has 112 valence electrons. The van der Waals surface area contributed by atoms with E-state index in [0.717, 1.165) is 42.1 Å². The maximum absolute atomic E-state index is 6.33. The number of fused-ring (bicyclic) bond motifs is 1. The molecule has 21 heavy (non-hydrogen) atoms. The van der Waals surface area contributed by atoms with Crippen molar-refractivity contribution in [2.24, 2.45) is 5.73 Å². The average molecular weight is 287 g/mol. The molecule has 1 unspecified atom stereocenters. The van der Waals surface area contributed by atoms with Gasteiger partial charge in [-0.3, -0.25) is 0 Å². The molecule has 1 aliphatic rings. The largest absolute Gasteiger partial charge is 0.497 e. The Hall–Kier alpha value is -2.01. The molecule has 1 aliphatic heterocycles. The molecular weight excluding hydrogens is 266 g/mol. The second-order valence-electron chi connectivity index (χ2n) is 5.36. The predicted molar refractivity (Wildman–Crippen MR) is 80.4 cm³/mol. The number of rotatable bonds is 4. The summed E-state index contributed by atoms with van der Waals surface area (Å²) in [7, 11) is 1.66. The Morgan fingerprint density at radius 1 is 1.48 bits per heavy atom. The van der Waals surface area contributed by atoms with Crippen LogP contribution in [0.3, 0.4) is 0 Å². The van der Waals surface area contributed by atoms with Crippen molar-refractivity contribution in [2.45, 2.75) is 38.5 Å². The number of aromatic nitrogens is 2. The molecular formula is C16H21N3O2. The van der Waals surface area contributed by atoms with E-state index in [9.17, 15) is 0 Å². The van der Waals surface area contributed by atoms with E-state index in [0.29, 0.717) is 0 Å². The molecule has 0 fully saturated rings. The molecule has 0 saturated carbocycles. The third kappa shape index (κ3) is 2.61. The van der Waals surface area contributed by atoms with E-state index >= 15 is 0 Å². The lowest BCUT2D eigenvalue weighted by Gasteiger charge is -2.31. The third-order valence-corrected chi connectivity index (χ3v) is 3.89. The number of hydrogen-bond donors (Lipinski definition) is 1. The van der Waals surface area contributed by atoms with Crippen LogP contribution in [0.15, 0.2) is 30.7 Å². The lowest BCUT2D eigenvalue weighted by molar-refractivity contribution is 0.152. The molecule has 1 aromatic heterocycles. The normalized spacial score (nSPS) is 20.7. The fourth-order valence-corrected chi connectivity index (χ4v) is 2.82. The van der Waals surface area contributed by atoms with Gasteiger partial charge in [0.2, 0.25) is 0 Å². The lowest BCUT2D eigenvalue weighted by atomic mass is 9.95. The molecule has 3 rings (SSSR count). The zero-order valence-electron chi connectivity index (χ0n) is 12.5. The molecule has 5 nitrogen and oxygen atoms in total. The summed E-state index contributed by atoms with van der Waals surface area (Å²) >= 11 is 0. The zero-order chi connectivity index (χ0) is 14.8. The van der Waals surface area contributed by atoms with E-state index in [2.05, 4.69) is 16.5 Å². The summed E-state index contributed by atoms with van der Waals surface area (Å²) in [6.07, 6.45) is 5.50. The number of nitrogens with two attached hydrogens (primary N) is 1. The highest BCUT2D eigenvalue weighted by Crippen LogP contribution is 2.41. The first-order valence-electron chi connectivity index (χ1n) is 7.33. The summed E-state index contributed by atoms with van der Waals surface area (Å²) in [5.41, 5.74) is 8.42. The molecule has 0 bridgehead atoms. The van der Waals surface area contributed by atoms with Gasteiger partial charge in [-0.05, 0) is 24.6 Å². The van der Waals surface area contributed by atoms with Crippen LogP contribution in [-0.2, 0) is 6.54 Å². The number of ether oxygens (including phenoxy) is 2. The van der Waals surface area contributed by atoms with E-state index in [1.165, 1.54) is 0 Å². The van der Waals surface area contributed by atoms with E-state index in [-0.39, 0.29) is 12.1 Å². The van der Waals surface area contributed by atoms with Crippen LogP contribution in [0.25, 0.3) is 0 Å². The van der Waals surface area contributed by atoms with Crippen LogP contribution in [0.2, 0.25) is 0 Å². The molecule has 1 aromatic carbocycles. The van der Waals surface area contributed by atoms with Crippen LogP contribution in [0.5, 0.6) is 11.5 Å². The summed E-state index contributed by atoms with van der Waals surface area (Å²) in [5, 5.41) is 0. The van der Waals surface area contributed by atoms with E-state index in [4.69, 9.17) is 15.2 Å². The number of aryl methyl sites for hydroxylation is 1. The fourth-order valence-electron chi connectivity index (χ4n) is 2.82. The van der Waals surface area contributed by atoms with Gasteiger partial charge in [0.1, 0.15) is 17.6 Å². The number of imidazole rings is 1. The number of methoxy groups -OCH3 is 1. The van der Waals surface area contributed by atoms with Crippen molar-refractivity contribution in [3.05, 3.63) is 42.0 Å². The minimum absolute atomic E-state index is 0.0463. The van der Waals surface area contributed by atoms with Crippen LogP contribution in [-0.4, -0.2) is 16.7 Å². The summed E-state index contributed by atoms with van der Waals surface area (Å²) < 4.78 is 13.5. The second kappa shape index (κ2) is 5.77. The molecule has 0 saturated heterocycles. The van der Waals surface area contributed by atoms with Crippen molar-refractivity contribution in [3.8, 4) is 11.5 Å². The molecule has 0 spiro atoms. The van der Waals surface area contributed by atoms with Gasteiger partial charge in [0.25, 0.3) is 0 Å². The van der Waals surface area contributed by atoms with Crippen LogP contribution >= 0.6 is 0 Å². The molecule has 2 atom stereocenters. The summed E-state index contributed by atoms with van der Waals surface area (Å²) in [5.74, 6) is 1.64. The van der Waals surface area contributed by atoms with Gasteiger partial charge in [0.05, 0.1) is 25.3 Å². The lowest BCUT2D eigenvalue weighted by Crippen LogP contribution is -2.25. The SMILES string of the molecule is CCCn1cncc1C1C[C@@H](N)c2cc(OC)ccc2O1. The van der Waals surface area contributed by atoms with E-state index < -0.39 is 0 Å². The van der Waals surface area contributed by atoms with Crippen molar-refractivity contribution in [3.63, 3.8) is 0 Å². The first-order chi connectivity index (χ1) is 10.2. The minimum Gasteiger partial charge on any atom is -0.497 e. The Balaban J connectivity index is 1.89. The quantitative estimate of drug-likeness (QED) is 0.939. The summed E-state index contributed by atoms with van der Waals surface area (Å²) in [6, 6.07) is 5.73. The maximum atomic E-state index is 6.33. The Morgan fingerprint density at radius 3 is 3.10 bits per heavy atom. The highest BCUT2D eigenvalue weighted by atomic mass is 16.5. The second-order valence-corrected chi connectivity index (χ2v) is 5.36. The van der Waals surface area contributed by atoms with Crippen LogP contribution < -0.4 is 15.2 Å². The molecule has 2 aromatic rings. The van der Waals surface area contributed by atoms with Crippen molar-refractivity contribution < 1.29 is 9.47 Å². The van der Waals surface area contributed by atoms with Gasteiger partial charge in [-0.25, -0.2) is 4.98 Å². The number of nitrogens with zero attached hydrogens (tertiary/aromatic N) is 2. The molecule has 0 amide bonds. The van der Waals surface area contributed by atoms with Gasteiger partial charge < -0.3 is 19.8 Å². The smallest absolute Gasteiger partial charge is 0.142 e. The van der Waals surface area contributed by atoms with Crippen molar-refractivity contribution >= 4 is 0 Å². The molecule has 5 heteroatoms. The topological polar surface area (TPSA) is 62.3 Å². The van der Waals surface area contributed by atoms with Gasteiger partial charge in [0.15, 0.2) is 0 Å². The minimum atomic E-state index is -0.0566. The Kier molecular flexibility index (Phi) is 3.84. The van der Waals surface area contributed by atoms with Crippen molar-refractivity contribution in [2.75, 3.05) is 7.11 Å². The Morgan fingerprint density at radius 2 is 2.33 bits per heavy atom. The van der Waals surface area contributed by atoms with Gasteiger partial charge >= 0.3 is 0 Å². The van der Waals surface area contributed by atoms with Crippen molar-refractivity contribution in [1.82, 2.24) is 9.55 Å². The predicted octanol–water partition coefficient (Wildman–Crippen LogP) is 2.83. The molecule has 2 heterocycles. The van der Waals surface area contributed by atoms with Gasteiger partial charge in [-0.2, -0.15) is 0 Å². The van der Waals surface area contributed by atoms with Crippen molar-refractivity contribution in [1.29, 1.82) is 0 Å². The molecule has 2 N–H and O–H groups in total. The van der Waals surface area contributed by atoms with Gasteiger partial charge in [-0.1, -0.05) is 6.92 Å². The molecule has 0 aliphatic carbocycles. The van der Waals surface area contributed by atoms with Crippen LogP contribution in [0.4, 0.5) is 0 Å².